The van der Waals surface area contributed by atoms with Gasteiger partial charge < -0.3 is 19.1 Å². The minimum atomic E-state index is -0.0223. The number of halogens is 1. The van der Waals surface area contributed by atoms with Crippen LogP contribution >= 0.6 is 11.6 Å². The van der Waals surface area contributed by atoms with E-state index in [1.807, 2.05) is 41.3 Å². The summed E-state index contributed by atoms with van der Waals surface area (Å²) >= 11 is 6.11. The molecule has 0 radical (unpaired) electrons. The second kappa shape index (κ2) is 9.66. The molecule has 0 aliphatic carbocycles. The number of para-hydroxylation sites is 2. The first kappa shape index (κ1) is 20.3. The molecule has 0 unspecified atom stereocenters. The fourth-order valence-corrected chi connectivity index (χ4v) is 3.43. The number of amides is 1. The third kappa shape index (κ3) is 5.09. The summed E-state index contributed by atoms with van der Waals surface area (Å²) in [4.78, 5) is 16.6. The maximum absolute atomic E-state index is 12.5. The van der Waals surface area contributed by atoms with Crippen LogP contribution in [0.1, 0.15) is 5.56 Å². The van der Waals surface area contributed by atoms with Gasteiger partial charge in [0, 0.05) is 43.3 Å². The normalized spacial score (nSPS) is 14.6. The number of rotatable bonds is 7. The summed E-state index contributed by atoms with van der Waals surface area (Å²) in [5.41, 5.74) is 1.05. The highest BCUT2D eigenvalue weighted by Crippen LogP contribution is 2.26. The first-order valence-corrected chi connectivity index (χ1v) is 9.57. The van der Waals surface area contributed by atoms with Gasteiger partial charge in [0.15, 0.2) is 18.1 Å². The predicted molar refractivity (Wildman–Crippen MR) is 108 cm³/mol. The fraction of sp³-hybridized carbons (Fsp3) is 0.381. The van der Waals surface area contributed by atoms with Crippen molar-refractivity contribution in [2.75, 3.05) is 47.0 Å². The molecule has 6 nitrogen and oxygen atoms in total. The summed E-state index contributed by atoms with van der Waals surface area (Å²) in [6, 6.07) is 13.0. The molecule has 0 atom stereocenters. The number of methoxy groups -OCH3 is 2. The Kier molecular flexibility index (Phi) is 7.01. The van der Waals surface area contributed by atoms with Gasteiger partial charge in [0.25, 0.3) is 5.91 Å². The van der Waals surface area contributed by atoms with Gasteiger partial charge >= 0.3 is 0 Å². The predicted octanol–water partition coefficient (Wildman–Crippen LogP) is 3.08. The summed E-state index contributed by atoms with van der Waals surface area (Å²) < 4.78 is 16.3. The zero-order chi connectivity index (χ0) is 19.9. The van der Waals surface area contributed by atoms with Gasteiger partial charge in [-0.2, -0.15) is 0 Å². The van der Waals surface area contributed by atoms with Gasteiger partial charge in [-0.3, -0.25) is 9.69 Å². The molecule has 2 aromatic rings. The molecule has 0 spiro atoms. The zero-order valence-electron chi connectivity index (χ0n) is 16.2. The highest BCUT2D eigenvalue weighted by molar-refractivity contribution is 6.30. The number of ether oxygens (including phenoxy) is 3. The summed E-state index contributed by atoms with van der Waals surface area (Å²) in [6.07, 6.45) is 0. The second-order valence-corrected chi connectivity index (χ2v) is 6.99. The Bertz CT molecular complexity index is 807. The molecule has 1 heterocycles. The van der Waals surface area contributed by atoms with E-state index in [9.17, 15) is 4.79 Å². The lowest BCUT2D eigenvalue weighted by Crippen LogP contribution is -2.49. The highest BCUT2D eigenvalue weighted by atomic mass is 35.5. The van der Waals surface area contributed by atoms with Gasteiger partial charge in [0.05, 0.1) is 14.2 Å². The molecule has 1 aliphatic heterocycles. The van der Waals surface area contributed by atoms with E-state index in [0.717, 1.165) is 30.9 Å². The van der Waals surface area contributed by atoms with Crippen LogP contribution in [0.4, 0.5) is 0 Å². The third-order valence-corrected chi connectivity index (χ3v) is 5.02. The largest absolute Gasteiger partial charge is 0.496 e. The Balaban J connectivity index is 1.50. The van der Waals surface area contributed by atoms with Gasteiger partial charge in [0.2, 0.25) is 0 Å². The summed E-state index contributed by atoms with van der Waals surface area (Å²) in [5, 5.41) is 0.693. The SMILES string of the molecule is COc1ccc(Cl)cc1CN1CCN(C(=O)COc2ccccc2OC)CC1. The summed E-state index contributed by atoms with van der Waals surface area (Å²) in [6.45, 7) is 3.64. The maximum atomic E-state index is 12.5. The minimum absolute atomic E-state index is 0.00247. The molecular weight excluding hydrogens is 380 g/mol. The van der Waals surface area contributed by atoms with E-state index in [2.05, 4.69) is 4.90 Å². The number of hydrogen-bond donors (Lipinski definition) is 0. The number of carbonyl (C=O) groups is 1. The van der Waals surface area contributed by atoms with Crippen molar-refractivity contribution in [3.05, 3.63) is 53.1 Å². The third-order valence-electron chi connectivity index (χ3n) is 4.78. The van der Waals surface area contributed by atoms with Crippen molar-refractivity contribution in [1.29, 1.82) is 0 Å². The standard InChI is InChI=1S/C21H25ClN2O4/c1-26-18-8-7-17(22)13-16(18)14-23-9-11-24(12-10-23)21(25)15-28-20-6-4-3-5-19(20)27-2/h3-8,13H,9-12,14-15H2,1-2H3. The highest BCUT2D eigenvalue weighted by Gasteiger charge is 2.22. The molecule has 2 aromatic carbocycles. The molecule has 0 bridgehead atoms. The van der Waals surface area contributed by atoms with E-state index in [4.69, 9.17) is 25.8 Å². The molecule has 0 N–H and O–H groups in total. The first-order chi connectivity index (χ1) is 13.6. The molecule has 150 valence electrons. The van der Waals surface area contributed by atoms with Crippen LogP contribution in [0.15, 0.2) is 42.5 Å². The molecule has 28 heavy (non-hydrogen) atoms. The van der Waals surface area contributed by atoms with Crippen LogP contribution in [-0.2, 0) is 11.3 Å². The van der Waals surface area contributed by atoms with Crippen molar-refractivity contribution in [2.45, 2.75) is 6.54 Å². The quantitative estimate of drug-likeness (QED) is 0.709. The van der Waals surface area contributed by atoms with Crippen molar-refractivity contribution in [3.63, 3.8) is 0 Å². The molecule has 0 aromatic heterocycles. The van der Waals surface area contributed by atoms with Crippen molar-refractivity contribution in [2.24, 2.45) is 0 Å². The van der Waals surface area contributed by atoms with Crippen LogP contribution in [0, 0.1) is 0 Å². The molecule has 1 amide bonds. The van der Waals surface area contributed by atoms with Crippen LogP contribution in [0.5, 0.6) is 17.2 Å². The average molecular weight is 405 g/mol. The molecule has 0 saturated carbocycles. The van der Waals surface area contributed by atoms with Crippen LogP contribution in [0.25, 0.3) is 0 Å². The van der Waals surface area contributed by atoms with Crippen LogP contribution in [-0.4, -0.2) is 62.7 Å². The van der Waals surface area contributed by atoms with E-state index in [-0.39, 0.29) is 12.5 Å². The Morgan fingerprint density at radius 3 is 2.32 bits per heavy atom. The van der Waals surface area contributed by atoms with E-state index < -0.39 is 0 Å². The van der Waals surface area contributed by atoms with Gasteiger partial charge in [-0.05, 0) is 30.3 Å². The Hall–Kier alpha value is -2.44. The van der Waals surface area contributed by atoms with E-state index in [0.29, 0.717) is 29.6 Å². The smallest absolute Gasteiger partial charge is 0.260 e. The number of carbonyl (C=O) groups excluding carboxylic acids is 1. The maximum Gasteiger partial charge on any atom is 0.260 e. The lowest BCUT2D eigenvalue weighted by atomic mass is 10.1. The molecule has 1 saturated heterocycles. The van der Waals surface area contributed by atoms with Gasteiger partial charge in [-0.1, -0.05) is 23.7 Å². The number of hydrogen-bond acceptors (Lipinski definition) is 5. The minimum Gasteiger partial charge on any atom is -0.496 e. The Morgan fingerprint density at radius 1 is 0.964 bits per heavy atom. The summed E-state index contributed by atoms with van der Waals surface area (Å²) in [5.74, 6) is 2.00. The van der Waals surface area contributed by atoms with Crippen LogP contribution < -0.4 is 14.2 Å². The van der Waals surface area contributed by atoms with E-state index >= 15 is 0 Å². The van der Waals surface area contributed by atoms with Crippen molar-refractivity contribution >= 4 is 17.5 Å². The molecule has 3 rings (SSSR count). The number of piperazine rings is 1. The van der Waals surface area contributed by atoms with Crippen molar-refractivity contribution in [3.8, 4) is 17.2 Å². The second-order valence-electron chi connectivity index (χ2n) is 6.55. The van der Waals surface area contributed by atoms with Gasteiger partial charge in [-0.25, -0.2) is 0 Å². The number of benzene rings is 2. The summed E-state index contributed by atoms with van der Waals surface area (Å²) in [7, 11) is 3.24. The average Bonchev–Trinajstić information content (AvgIpc) is 2.73. The Labute approximate surface area is 170 Å². The lowest BCUT2D eigenvalue weighted by Gasteiger charge is -2.35. The molecule has 7 heteroatoms. The van der Waals surface area contributed by atoms with Crippen molar-refractivity contribution in [1.82, 2.24) is 9.80 Å². The number of nitrogens with zero attached hydrogens (tertiary/aromatic N) is 2. The fourth-order valence-electron chi connectivity index (χ4n) is 3.24. The lowest BCUT2D eigenvalue weighted by molar-refractivity contribution is -0.135. The van der Waals surface area contributed by atoms with E-state index in [1.54, 1.807) is 20.3 Å². The van der Waals surface area contributed by atoms with Crippen LogP contribution in [0.2, 0.25) is 5.02 Å². The van der Waals surface area contributed by atoms with Crippen LogP contribution in [0.3, 0.4) is 0 Å². The van der Waals surface area contributed by atoms with Gasteiger partial charge in [-0.15, -0.1) is 0 Å². The zero-order valence-corrected chi connectivity index (χ0v) is 16.9. The topological polar surface area (TPSA) is 51.2 Å². The van der Waals surface area contributed by atoms with Crippen molar-refractivity contribution < 1.29 is 19.0 Å². The van der Waals surface area contributed by atoms with E-state index in [1.165, 1.54) is 0 Å². The molecule has 1 aliphatic rings. The Morgan fingerprint density at radius 2 is 1.64 bits per heavy atom. The molecule has 1 fully saturated rings. The molecular formula is C21H25ClN2O4. The monoisotopic (exact) mass is 404 g/mol. The first-order valence-electron chi connectivity index (χ1n) is 9.19. The van der Waals surface area contributed by atoms with Gasteiger partial charge in [0.1, 0.15) is 5.75 Å².